The molecule has 0 radical (unpaired) electrons. The van der Waals surface area contributed by atoms with Gasteiger partial charge in [-0.25, -0.2) is 0 Å². The van der Waals surface area contributed by atoms with Crippen LogP contribution in [0.1, 0.15) is 5.76 Å². The van der Waals surface area contributed by atoms with Crippen molar-refractivity contribution >= 4 is 62.5 Å². The lowest BCUT2D eigenvalue weighted by Gasteiger charge is -2.08. The molecular formula is C14H10BrClN2O2S. The second-order valence-electron chi connectivity index (χ2n) is 3.92. The molecule has 4 nitrogen and oxygen atoms in total. The minimum Gasteiger partial charge on any atom is -0.465 e. The number of thiocarbonyl (C=S) groups is 1. The number of carbonyl (C=O) groups excluding carboxylic acids is 1. The third kappa shape index (κ3) is 5.00. The Bertz CT molecular complexity index is 686. The lowest BCUT2D eigenvalue weighted by Crippen LogP contribution is -2.32. The topological polar surface area (TPSA) is 54.3 Å². The van der Waals surface area contributed by atoms with Crippen LogP contribution in [0.5, 0.6) is 0 Å². The molecule has 1 aromatic carbocycles. The number of rotatable bonds is 3. The lowest BCUT2D eigenvalue weighted by molar-refractivity contribution is -0.115. The van der Waals surface area contributed by atoms with Gasteiger partial charge in [-0.2, -0.15) is 0 Å². The molecule has 0 aliphatic carbocycles. The molecule has 7 heteroatoms. The van der Waals surface area contributed by atoms with Gasteiger partial charge in [0, 0.05) is 16.2 Å². The summed E-state index contributed by atoms with van der Waals surface area (Å²) in [5.74, 6) is 0.232. The summed E-state index contributed by atoms with van der Waals surface area (Å²) < 4.78 is 5.86. The van der Waals surface area contributed by atoms with Crippen LogP contribution in [-0.4, -0.2) is 11.0 Å². The summed E-state index contributed by atoms with van der Waals surface area (Å²) in [5.41, 5.74) is 0.684. The zero-order valence-electron chi connectivity index (χ0n) is 10.6. The zero-order chi connectivity index (χ0) is 15.2. The van der Waals surface area contributed by atoms with E-state index in [0.717, 1.165) is 4.47 Å². The van der Waals surface area contributed by atoms with Crippen LogP contribution >= 0.6 is 39.7 Å². The maximum absolute atomic E-state index is 11.7. The predicted octanol–water partition coefficient (Wildman–Crippen LogP) is 4.22. The van der Waals surface area contributed by atoms with Gasteiger partial charge in [-0.15, -0.1) is 0 Å². The second kappa shape index (κ2) is 7.40. The van der Waals surface area contributed by atoms with E-state index < -0.39 is 0 Å². The highest BCUT2D eigenvalue weighted by Gasteiger charge is 2.04. The Hall–Kier alpha value is -1.63. The van der Waals surface area contributed by atoms with Crippen molar-refractivity contribution < 1.29 is 9.21 Å². The van der Waals surface area contributed by atoms with Crippen LogP contribution in [0.15, 0.2) is 51.6 Å². The maximum Gasteiger partial charge on any atom is 0.250 e. The number of halogens is 2. The van der Waals surface area contributed by atoms with Crippen molar-refractivity contribution in [2.24, 2.45) is 0 Å². The van der Waals surface area contributed by atoms with E-state index in [4.69, 9.17) is 28.2 Å². The highest BCUT2D eigenvalue weighted by atomic mass is 79.9. The zero-order valence-corrected chi connectivity index (χ0v) is 13.8. The predicted molar refractivity (Wildman–Crippen MR) is 91.3 cm³/mol. The molecule has 1 aromatic heterocycles. The SMILES string of the molecule is O=C(C=Cc1ccco1)NC(=S)Nc1ccc(Br)c(Cl)c1. The first-order chi connectivity index (χ1) is 10.0. The number of anilines is 1. The van der Waals surface area contributed by atoms with E-state index in [-0.39, 0.29) is 11.0 Å². The lowest BCUT2D eigenvalue weighted by atomic mass is 10.3. The van der Waals surface area contributed by atoms with Gasteiger partial charge in [0.15, 0.2) is 5.11 Å². The molecule has 1 heterocycles. The Morgan fingerprint density at radius 3 is 2.86 bits per heavy atom. The van der Waals surface area contributed by atoms with E-state index >= 15 is 0 Å². The summed E-state index contributed by atoms with van der Waals surface area (Å²) >= 11 is 14.3. The summed E-state index contributed by atoms with van der Waals surface area (Å²) in [6.45, 7) is 0. The molecule has 0 spiro atoms. The summed E-state index contributed by atoms with van der Waals surface area (Å²) in [7, 11) is 0. The molecule has 0 saturated heterocycles. The molecule has 0 unspecified atom stereocenters. The van der Waals surface area contributed by atoms with Crippen LogP contribution in [0, 0.1) is 0 Å². The van der Waals surface area contributed by atoms with Crippen molar-refractivity contribution in [1.82, 2.24) is 5.32 Å². The molecule has 0 atom stereocenters. The molecule has 2 aromatic rings. The van der Waals surface area contributed by atoms with Crippen molar-refractivity contribution in [2.75, 3.05) is 5.32 Å². The van der Waals surface area contributed by atoms with E-state index in [0.29, 0.717) is 16.5 Å². The van der Waals surface area contributed by atoms with Crippen molar-refractivity contribution in [3.8, 4) is 0 Å². The van der Waals surface area contributed by atoms with Gasteiger partial charge in [0.25, 0.3) is 0 Å². The number of hydrogen-bond donors (Lipinski definition) is 2. The van der Waals surface area contributed by atoms with Crippen molar-refractivity contribution in [1.29, 1.82) is 0 Å². The molecule has 0 aliphatic rings. The molecule has 1 amide bonds. The van der Waals surface area contributed by atoms with Gasteiger partial charge in [-0.1, -0.05) is 11.6 Å². The van der Waals surface area contributed by atoms with Crippen LogP contribution in [0.3, 0.4) is 0 Å². The molecule has 0 fully saturated rings. The van der Waals surface area contributed by atoms with Crippen LogP contribution in [-0.2, 0) is 4.79 Å². The first-order valence-corrected chi connectivity index (χ1v) is 7.41. The van der Waals surface area contributed by atoms with Crippen molar-refractivity contribution in [3.05, 3.63) is 57.9 Å². The van der Waals surface area contributed by atoms with Gasteiger partial charge < -0.3 is 9.73 Å². The Labute approximate surface area is 140 Å². The van der Waals surface area contributed by atoms with E-state index in [2.05, 4.69) is 26.6 Å². The van der Waals surface area contributed by atoms with E-state index in [1.54, 1.807) is 36.4 Å². The molecule has 108 valence electrons. The van der Waals surface area contributed by atoms with E-state index in [9.17, 15) is 4.79 Å². The second-order valence-corrected chi connectivity index (χ2v) is 5.59. The maximum atomic E-state index is 11.7. The van der Waals surface area contributed by atoms with Crippen LogP contribution in [0.4, 0.5) is 5.69 Å². The third-order valence-corrected chi connectivity index (χ3v) is 3.79. The Morgan fingerprint density at radius 1 is 1.38 bits per heavy atom. The molecule has 0 aliphatic heterocycles. The third-order valence-electron chi connectivity index (χ3n) is 2.36. The molecule has 0 saturated carbocycles. The Morgan fingerprint density at radius 2 is 2.19 bits per heavy atom. The molecule has 21 heavy (non-hydrogen) atoms. The van der Waals surface area contributed by atoms with Crippen molar-refractivity contribution in [3.63, 3.8) is 0 Å². The van der Waals surface area contributed by atoms with Gasteiger partial charge in [0.05, 0.1) is 11.3 Å². The molecule has 2 rings (SSSR count). The number of furan rings is 1. The highest BCUT2D eigenvalue weighted by Crippen LogP contribution is 2.25. The summed E-state index contributed by atoms with van der Waals surface area (Å²) in [4.78, 5) is 11.7. The Kier molecular flexibility index (Phi) is 5.55. The van der Waals surface area contributed by atoms with Gasteiger partial charge >= 0.3 is 0 Å². The van der Waals surface area contributed by atoms with Gasteiger partial charge in [0.1, 0.15) is 5.76 Å². The quantitative estimate of drug-likeness (QED) is 0.613. The van der Waals surface area contributed by atoms with E-state index in [1.807, 2.05) is 0 Å². The highest BCUT2D eigenvalue weighted by molar-refractivity contribution is 9.10. The van der Waals surface area contributed by atoms with E-state index in [1.165, 1.54) is 12.3 Å². The standard InChI is InChI=1S/C14H10BrClN2O2S/c15-11-5-3-9(8-12(11)16)17-14(21)18-13(19)6-4-10-2-1-7-20-10/h1-8H,(H2,17,18,19,21). The number of carbonyl (C=O) groups is 1. The number of benzene rings is 1. The first kappa shape index (κ1) is 15.8. The number of hydrogen-bond acceptors (Lipinski definition) is 3. The van der Waals surface area contributed by atoms with Crippen LogP contribution in [0.2, 0.25) is 5.02 Å². The summed E-state index contributed by atoms with van der Waals surface area (Å²) in [6, 6.07) is 8.74. The van der Waals surface area contributed by atoms with Crippen LogP contribution in [0.25, 0.3) is 6.08 Å². The average molecular weight is 386 g/mol. The number of nitrogens with one attached hydrogen (secondary N) is 2. The molecule has 0 bridgehead atoms. The van der Waals surface area contributed by atoms with Crippen LogP contribution < -0.4 is 10.6 Å². The Balaban J connectivity index is 1.89. The first-order valence-electron chi connectivity index (χ1n) is 5.83. The van der Waals surface area contributed by atoms with Gasteiger partial charge in [-0.05, 0) is 64.6 Å². The minimum absolute atomic E-state index is 0.183. The van der Waals surface area contributed by atoms with Gasteiger partial charge in [0.2, 0.25) is 5.91 Å². The fourth-order valence-corrected chi connectivity index (χ4v) is 2.08. The van der Waals surface area contributed by atoms with Crippen molar-refractivity contribution in [2.45, 2.75) is 0 Å². The monoisotopic (exact) mass is 384 g/mol. The van der Waals surface area contributed by atoms with Gasteiger partial charge in [-0.3, -0.25) is 10.1 Å². The smallest absolute Gasteiger partial charge is 0.250 e. The normalized spacial score (nSPS) is 10.6. The summed E-state index contributed by atoms with van der Waals surface area (Å²) in [6.07, 6.45) is 4.41. The molecular weight excluding hydrogens is 376 g/mol. The minimum atomic E-state index is -0.355. The largest absolute Gasteiger partial charge is 0.465 e. The fourth-order valence-electron chi connectivity index (χ4n) is 1.43. The fraction of sp³-hybridized carbons (Fsp3) is 0. The molecule has 2 N–H and O–H groups in total. The summed E-state index contributed by atoms with van der Waals surface area (Å²) in [5, 5.41) is 6.12. The average Bonchev–Trinajstić information content (AvgIpc) is 2.94. The number of amides is 1.